The number of anilines is 1. The van der Waals surface area contributed by atoms with Crippen molar-refractivity contribution in [3.8, 4) is 11.5 Å². The molecule has 37 heavy (non-hydrogen) atoms. The second-order valence-corrected chi connectivity index (χ2v) is 8.82. The molecule has 1 heterocycles. The van der Waals surface area contributed by atoms with Crippen molar-refractivity contribution >= 4 is 46.9 Å². The molecule has 1 aliphatic heterocycles. The average Bonchev–Trinajstić information content (AvgIpc) is 2.87. The third kappa shape index (κ3) is 5.52. The summed E-state index contributed by atoms with van der Waals surface area (Å²) in [7, 11) is 1.47. The Morgan fingerprint density at radius 1 is 1.03 bits per heavy atom. The number of nitrogens with one attached hydrogen (secondary N) is 1. The van der Waals surface area contributed by atoms with E-state index in [4.69, 9.17) is 26.8 Å². The molecule has 0 aliphatic carbocycles. The van der Waals surface area contributed by atoms with Crippen LogP contribution in [0.2, 0.25) is 0 Å². The zero-order valence-electron chi connectivity index (χ0n) is 20.4. The second kappa shape index (κ2) is 10.6. The molecule has 0 atom stereocenters. The maximum absolute atomic E-state index is 13.3. The summed E-state index contributed by atoms with van der Waals surface area (Å²) in [5.41, 5.74) is 3.95. The van der Waals surface area contributed by atoms with Crippen LogP contribution in [-0.4, -0.2) is 35.1 Å². The van der Waals surface area contributed by atoms with E-state index in [0.717, 1.165) is 11.1 Å². The minimum Gasteiger partial charge on any atom is -0.493 e. The Kier molecular flexibility index (Phi) is 7.35. The van der Waals surface area contributed by atoms with Gasteiger partial charge in [-0.1, -0.05) is 24.3 Å². The zero-order valence-corrected chi connectivity index (χ0v) is 21.2. The van der Waals surface area contributed by atoms with E-state index < -0.39 is 17.8 Å². The van der Waals surface area contributed by atoms with E-state index in [1.165, 1.54) is 30.2 Å². The number of carboxylic acid groups (broad SMARTS) is 1. The predicted octanol–water partition coefficient (Wildman–Crippen LogP) is 4.42. The summed E-state index contributed by atoms with van der Waals surface area (Å²) in [6, 6.07) is 16.9. The van der Waals surface area contributed by atoms with Crippen molar-refractivity contribution in [2.24, 2.45) is 0 Å². The molecule has 188 valence electrons. The molecule has 0 spiro atoms. The molecular weight excluding hydrogens is 492 g/mol. The highest BCUT2D eigenvalue weighted by molar-refractivity contribution is 7.80. The van der Waals surface area contributed by atoms with E-state index >= 15 is 0 Å². The second-order valence-electron chi connectivity index (χ2n) is 8.43. The number of aryl methyl sites for hydroxylation is 2. The highest BCUT2D eigenvalue weighted by Gasteiger charge is 2.34. The molecule has 1 aliphatic rings. The van der Waals surface area contributed by atoms with Crippen LogP contribution in [0.1, 0.15) is 32.6 Å². The SMILES string of the molecule is COc1cc(/C=C2\C(=O)NC(=S)N(c3ccc(C)c(C)c3)C2=O)ccc1OCc1cccc(C(=O)O)c1. The molecule has 3 aromatic rings. The number of carbonyl (C=O) groups is 3. The molecule has 4 rings (SSSR count). The molecule has 0 radical (unpaired) electrons. The van der Waals surface area contributed by atoms with Gasteiger partial charge in [-0.3, -0.25) is 19.8 Å². The molecule has 9 heteroatoms. The summed E-state index contributed by atoms with van der Waals surface area (Å²) in [5, 5.41) is 11.8. The molecule has 8 nitrogen and oxygen atoms in total. The van der Waals surface area contributed by atoms with Crippen molar-refractivity contribution < 1.29 is 29.0 Å². The van der Waals surface area contributed by atoms with E-state index in [1.807, 2.05) is 26.0 Å². The van der Waals surface area contributed by atoms with Gasteiger partial charge in [-0.05, 0) is 90.8 Å². The Bertz CT molecular complexity index is 1460. The Labute approximate surface area is 219 Å². The van der Waals surface area contributed by atoms with Crippen molar-refractivity contribution in [3.63, 3.8) is 0 Å². The topological polar surface area (TPSA) is 105 Å². The first-order valence-electron chi connectivity index (χ1n) is 11.3. The molecular formula is C28H24N2O6S. The van der Waals surface area contributed by atoms with Gasteiger partial charge in [0.15, 0.2) is 16.6 Å². The molecule has 1 fully saturated rings. The van der Waals surface area contributed by atoms with Crippen LogP contribution >= 0.6 is 12.2 Å². The quantitative estimate of drug-likeness (QED) is 0.272. The number of carboxylic acids is 1. The lowest BCUT2D eigenvalue weighted by atomic mass is 10.0. The van der Waals surface area contributed by atoms with Gasteiger partial charge >= 0.3 is 5.97 Å². The van der Waals surface area contributed by atoms with Gasteiger partial charge in [0.1, 0.15) is 12.2 Å². The molecule has 0 unspecified atom stereocenters. The minimum atomic E-state index is -1.02. The standard InChI is InChI=1S/C28H24N2O6S/c1-16-7-9-21(11-17(16)2)30-26(32)22(25(31)29-28(30)37)13-18-8-10-23(24(14-18)35-3)36-15-19-5-4-6-20(12-19)27(33)34/h4-14H,15H2,1-3H3,(H,33,34)(H,29,31,37)/b22-13+. The maximum atomic E-state index is 13.3. The van der Waals surface area contributed by atoms with E-state index in [0.29, 0.717) is 28.3 Å². The van der Waals surface area contributed by atoms with Crippen molar-refractivity contribution in [2.45, 2.75) is 20.5 Å². The van der Waals surface area contributed by atoms with Crippen LogP contribution in [0, 0.1) is 13.8 Å². The van der Waals surface area contributed by atoms with Crippen LogP contribution in [0.4, 0.5) is 5.69 Å². The summed E-state index contributed by atoms with van der Waals surface area (Å²) >= 11 is 5.28. The summed E-state index contributed by atoms with van der Waals surface area (Å²) in [6.07, 6.45) is 1.47. The van der Waals surface area contributed by atoms with Gasteiger partial charge in [0.05, 0.1) is 18.4 Å². The first-order valence-corrected chi connectivity index (χ1v) is 11.7. The van der Waals surface area contributed by atoms with E-state index in [1.54, 1.807) is 36.4 Å². The molecule has 2 amide bonds. The molecule has 0 aromatic heterocycles. The molecule has 0 bridgehead atoms. The number of rotatable bonds is 7. The van der Waals surface area contributed by atoms with Gasteiger partial charge in [-0.2, -0.15) is 0 Å². The zero-order chi connectivity index (χ0) is 26.7. The summed E-state index contributed by atoms with van der Waals surface area (Å²) in [6.45, 7) is 4.03. The Morgan fingerprint density at radius 3 is 2.51 bits per heavy atom. The fraction of sp³-hybridized carbons (Fsp3) is 0.143. The van der Waals surface area contributed by atoms with Crippen molar-refractivity contribution in [2.75, 3.05) is 12.0 Å². The van der Waals surface area contributed by atoms with Gasteiger partial charge in [0.25, 0.3) is 11.8 Å². The van der Waals surface area contributed by atoms with Crippen LogP contribution < -0.4 is 19.7 Å². The van der Waals surface area contributed by atoms with E-state index in [-0.39, 0.29) is 22.9 Å². The lowest BCUT2D eigenvalue weighted by molar-refractivity contribution is -0.122. The maximum Gasteiger partial charge on any atom is 0.335 e. The normalized spacial score (nSPS) is 14.5. The Morgan fingerprint density at radius 2 is 1.81 bits per heavy atom. The van der Waals surface area contributed by atoms with Gasteiger partial charge in [0.2, 0.25) is 0 Å². The molecule has 1 saturated heterocycles. The first kappa shape index (κ1) is 25.6. The van der Waals surface area contributed by atoms with Gasteiger partial charge < -0.3 is 14.6 Å². The largest absolute Gasteiger partial charge is 0.493 e. The fourth-order valence-electron chi connectivity index (χ4n) is 3.77. The smallest absolute Gasteiger partial charge is 0.335 e. The van der Waals surface area contributed by atoms with Gasteiger partial charge in [-0.25, -0.2) is 4.79 Å². The number of hydrogen-bond donors (Lipinski definition) is 2. The van der Waals surface area contributed by atoms with Crippen LogP contribution in [-0.2, 0) is 16.2 Å². The third-order valence-electron chi connectivity index (χ3n) is 5.92. The number of amides is 2. The van der Waals surface area contributed by atoms with Crippen molar-refractivity contribution in [1.29, 1.82) is 0 Å². The number of methoxy groups -OCH3 is 1. The Balaban J connectivity index is 1.58. The molecule has 3 aromatic carbocycles. The number of thiocarbonyl (C=S) groups is 1. The summed E-state index contributed by atoms with van der Waals surface area (Å²) in [5.74, 6) is -1.34. The summed E-state index contributed by atoms with van der Waals surface area (Å²) in [4.78, 5) is 38.5. The monoisotopic (exact) mass is 516 g/mol. The number of benzene rings is 3. The highest BCUT2D eigenvalue weighted by atomic mass is 32.1. The van der Waals surface area contributed by atoms with Gasteiger partial charge in [-0.15, -0.1) is 0 Å². The van der Waals surface area contributed by atoms with E-state index in [2.05, 4.69) is 5.32 Å². The average molecular weight is 517 g/mol. The number of ether oxygens (including phenoxy) is 2. The number of nitrogens with zero attached hydrogens (tertiary/aromatic N) is 1. The molecule has 2 N–H and O–H groups in total. The highest BCUT2D eigenvalue weighted by Crippen LogP contribution is 2.31. The summed E-state index contributed by atoms with van der Waals surface area (Å²) < 4.78 is 11.3. The number of aromatic carboxylic acids is 1. The van der Waals surface area contributed by atoms with Gasteiger partial charge in [0, 0.05) is 0 Å². The lowest BCUT2D eigenvalue weighted by Crippen LogP contribution is -2.54. The fourth-order valence-corrected chi connectivity index (χ4v) is 4.05. The van der Waals surface area contributed by atoms with Crippen LogP contribution in [0.25, 0.3) is 6.08 Å². The third-order valence-corrected chi connectivity index (χ3v) is 6.20. The van der Waals surface area contributed by atoms with Crippen LogP contribution in [0.5, 0.6) is 11.5 Å². The number of hydrogen-bond acceptors (Lipinski definition) is 6. The predicted molar refractivity (Wildman–Crippen MR) is 143 cm³/mol. The van der Waals surface area contributed by atoms with E-state index in [9.17, 15) is 14.4 Å². The molecule has 0 saturated carbocycles. The van der Waals surface area contributed by atoms with Crippen molar-refractivity contribution in [3.05, 3.63) is 94.1 Å². The van der Waals surface area contributed by atoms with Crippen molar-refractivity contribution in [1.82, 2.24) is 5.32 Å². The lowest BCUT2D eigenvalue weighted by Gasteiger charge is -2.29. The number of carbonyl (C=O) groups excluding carboxylic acids is 2. The Hall–Kier alpha value is -4.50. The first-order chi connectivity index (χ1) is 17.7. The van der Waals surface area contributed by atoms with Crippen LogP contribution in [0.15, 0.2) is 66.2 Å². The minimum absolute atomic E-state index is 0.0173. The van der Waals surface area contributed by atoms with Crippen LogP contribution in [0.3, 0.4) is 0 Å².